The van der Waals surface area contributed by atoms with Crippen molar-refractivity contribution in [1.82, 2.24) is 0 Å². The quantitative estimate of drug-likeness (QED) is 0.426. The number of nitrogens with zero attached hydrogens (tertiary/aromatic N) is 2. The van der Waals surface area contributed by atoms with Crippen molar-refractivity contribution in [3.8, 4) is 0 Å². The molecule has 0 radical (unpaired) electrons. The Bertz CT molecular complexity index is 1190. The van der Waals surface area contributed by atoms with Crippen LogP contribution in [0.25, 0.3) is 21.9 Å². The fraction of sp³-hybridized carbons (Fsp3) is 0.391. The van der Waals surface area contributed by atoms with Gasteiger partial charge >= 0.3 is 5.97 Å². The molecule has 4 rings (SSSR count). The van der Waals surface area contributed by atoms with Crippen LogP contribution >= 0.6 is 0 Å². The van der Waals surface area contributed by atoms with E-state index in [4.69, 9.17) is 4.42 Å². The maximum absolute atomic E-state index is 13.4. The van der Waals surface area contributed by atoms with Gasteiger partial charge < -0.3 is 14.4 Å². The van der Waals surface area contributed by atoms with Gasteiger partial charge in [-0.05, 0) is 44.9 Å². The number of fused-ring (bicyclic) bond motifs is 3. The van der Waals surface area contributed by atoms with Gasteiger partial charge in [0.2, 0.25) is 5.91 Å². The number of nitro benzene ring substituents is 1. The van der Waals surface area contributed by atoms with E-state index in [1.165, 1.54) is 24.3 Å². The highest BCUT2D eigenvalue weighted by Gasteiger charge is 2.31. The first-order chi connectivity index (χ1) is 14.8. The van der Waals surface area contributed by atoms with E-state index in [-0.39, 0.29) is 29.1 Å². The summed E-state index contributed by atoms with van der Waals surface area (Å²) in [6.07, 6.45) is 4.69. The van der Waals surface area contributed by atoms with Crippen molar-refractivity contribution in [2.24, 2.45) is 5.92 Å². The minimum absolute atomic E-state index is 0.0288. The lowest BCUT2D eigenvalue weighted by Gasteiger charge is -2.33. The molecular weight excluding hydrogens is 400 g/mol. The Morgan fingerprint density at radius 1 is 1.10 bits per heavy atom. The molecule has 1 saturated carbocycles. The zero-order chi connectivity index (χ0) is 22.3. The number of carbonyl (C=O) groups is 2. The predicted octanol–water partition coefficient (Wildman–Crippen LogP) is 5.51. The van der Waals surface area contributed by atoms with Crippen molar-refractivity contribution in [2.75, 3.05) is 4.90 Å². The number of furan rings is 1. The molecule has 8 nitrogen and oxygen atoms in total. The van der Waals surface area contributed by atoms with Gasteiger partial charge in [0.15, 0.2) is 0 Å². The van der Waals surface area contributed by atoms with Crippen LogP contribution in [-0.2, 0) is 4.79 Å². The van der Waals surface area contributed by atoms with Gasteiger partial charge in [-0.25, -0.2) is 4.79 Å². The third-order valence-electron chi connectivity index (χ3n) is 5.98. The summed E-state index contributed by atoms with van der Waals surface area (Å²) >= 11 is 0. The minimum Gasteiger partial charge on any atom is -0.478 e. The normalized spacial score (nSPS) is 14.9. The second kappa shape index (κ2) is 8.02. The summed E-state index contributed by atoms with van der Waals surface area (Å²) in [5, 5.41) is 22.1. The lowest BCUT2D eigenvalue weighted by Crippen LogP contribution is -2.42. The lowest BCUT2D eigenvalue weighted by molar-refractivity contribution is -0.384. The molecule has 0 aliphatic heterocycles. The van der Waals surface area contributed by atoms with Crippen molar-refractivity contribution < 1.29 is 24.0 Å². The Balaban J connectivity index is 1.92. The summed E-state index contributed by atoms with van der Waals surface area (Å²) in [6.45, 7) is 3.71. The molecule has 0 spiro atoms. The number of benzene rings is 2. The second-order valence-corrected chi connectivity index (χ2v) is 8.35. The molecule has 1 fully saturated rings. The van der Waals surface area contributed by atoms with Crippen molar-refractivity contribution in [2.45, 2.75) is 52.0 Å². The number of anilines is 1. The molecule has 2 aromatic carbocycles. The molecule has 8 heteroatoms. The third-order valence-corrected chi connectivity index (χ3v) is 5.98. The van der Waals surface area contributed by atoms with E-state index in [0.29, 0.717) is 27.6 Å². The lowest BCUT2D eigenvalue weighted by atomic mass is 9.87. The molecule has 1 heterocycles. The van der Waals surface area contributed by atoms with Crippen LogP contribution in [-0.4, -0.2) is 27.9 Å². The summed E-state index contributed by atoms with van der Waals surface area (Å²) in [5.41, 5.74) is 0.908. The van der Waals surface area contributed by atoms with Crippen LogP contribution in [0.2, 0.25) is 0 Å². The second-order valence-electron chi connectivity index (χ2n) is 8.35. The Kier molecular flexibility index (Phi) is 5.39. The molecule has 162 valence electrons. The molecule has 1 aliphatic carbocycles. The number of non-ortho nitro benzene ring substituents is 1. The van der Waals surface area contributed by atoms with Crippen molar-refractivity contribution in [3.05, 3.63) is 46.0 Å². The zero-order valence-electron chi connectivity index (χ0n) is 17.5. The molecular formula is C23H24N2O6. The molecule has 1 aliphatic rings. The number of nitro groups is 1. The summed E-state index contributed by atoms with van der Waals surface area (Å²) in [6, 6.07) is 7.03. The van der Waals surface area contributed by atoms with Gasteiger partial charge in [0.1, 0.15) is 11.2 Å². The molecule has 0 atom stereocenters. The monoisotopic (exact) mass is 424 g/mol. The minimum atomic E-state index is -1.16. The number of carbonyl (C=O) groups excluding carboxylic acids is 1. The largest absolute Gasteiger partial charge is 0.478 e. The Morgan fingerprint density at radius 2 is 1.77 bits per heavy atom. The number of carboxylic acids is 1. The van der Waals surface area contributed by atoms with E-state index in [2.05, 4.69) is 0 Å². The van der Waals surface area contributed by atoms with Crippen LogP contribution in [0.15, 0.2) is 34.7 Å². The SMILES string of the molecule is CC(C)N(C(=O)C1CCCCC1)c1cc2c(cc1C(=O)O)oc1ccc([N+](=O)[O-])cc12. The maximum atomic E-state index is 13.4. The number of hydrogen-bond acceptors (Lipinski definition) is 5. The average Bonchev–Trinajstić information content (AvgIpc) is 3.10. The van der Waals surface area contributed by atoms with E-state index < -0.39 is 10.9 Å². The Morgan fingerprint density at radius 3 is 2.39 bits per heavy atom. The van der Waals surface area contributed by atoms with Gasteiger partial charge in [-0.2, -0.15) is 0 Å². The van der Waals surface area contributed by atoms with Gasteiger partial charge in [0.05, 0.1) is 16.2 Å². The van der Waals surface area contributed by atoms with Gasteiger partial charge in [-0.3, -0.25) is 14.9 Å². The van der Waals surface area contributed by atoms with E-state index in [1.807, 2.05) is 13.8 Å². The van der Waals surface area contributed by atoms with E-state index >= 15 is 0 Å². The van der Waals surface area contributed by atoms with Crippen LogP contribution in [0.5, 0.6) is 0 Å². The first-order valence-electron chi connectivity index (χ1n) is 10.5. The number of hydrogen-bond donors (Lipinski definition) is 1. The number of rotatable bonds is 5. The highest BCUT2D eigenvalue weighted by Crippen LogP contribution is 2.38. The van der Waals surface area contributed by atoms with Crippen molar-refractivity contribution in [1.29, 1.82) is 0 Å². The van der Waals surface area contributed by atoms with E-state index in [0.717, 1.165) is 32.1 Å². The maximum Gasteiger partial charge on any atom is 0.337 e. The summed E-state index contributed by atoms with van der Waals surface area (Å²) in [5.74, 6) is -1.36. The topological polar surface area (TPSA) is 114 Å². The smallest absolute Gasteiger partial charge is 0.337 e. The fourth-order valence-corrected chi connectivity index (χ4v) is 4.48. The molecule has 1 aromatic heterocycles. The van der Waals surface area contributed by atoms with Crippen LogP contribution in [0, 0.1) is 16.0 Å². The standard InChI is InChI=1S/C23H24N2O6/c1-13(2)24(22(26)14-6-4-3-5-7-14)19-11-17-16-10-15(25(29)30)8-9-20(16)31-21(17)12-18(19)23(27)28/h8-14H,3-7H2,1-2H3,(H,27,28). The van der Waals surface area contributed by atoms with E-state index in [9.17, 15) is 24.8 Å². The number of amides is 1. The Hall–Kier alpha value is -3.42. The molecule has 0 bridgehead atoms. The van der Waals surface area contributed by atoms with Crippen LogP contribution in [0.4, 0.5) is 11.4 Å². The first-order valence-corrected chi connectivity index (χ1v) is 10.5. The zero-order valence-corrected chi connectivity index (χ0v) is 17.5. The highest BCUT2D eigenvalue weighted by atomic mass is 16.6. The fourth-order valence-electron chi connectivity index (χ4n) is 4.48. The predicted molar refractivity (Wildman–Crippen MR) is 117 cm³/mol. The van der Waals surface area contributed by atoms with Crippen LogP contribution in [0.3, 0.4) is 0 Å². The van der Waals surface area contributed by atoms with Crippen molar-refractivity contribution in [3.63, 3.8) is 0 Å². The van der Waals surface area contributed by atoms with Gasteiger partial charge in [-0.15, -0.1) is 0 Å². The first kappa shape index (κ1) is 20.8. The molecule has 0 unspecified atom stereocenters. The Labute approximate surface area is 178 Å². The number of carboxylic acid groups (broad SMARTS) is 1. The highest BCUT2D eigenvalue weighted by molar-refractivity contribution is 6.12. The van der Waals surface area contributed by atoms with Crippen molar-refractivity contribution >= 4 is 45.2 Å². The molecule has 3 aromatic rings. The third kappa shape index (κ3) is 3.73. The molecule has 1 N–H and O–H groups in total. The summed E-state index contributed by atoms with van der Waals surface area (Å²) in [7, 11) is 0. The van der Waals surface area contributed by atoms with Crippen LogP contribution < -0.4 is 4.90 Å². The van der Waals surface area contributed by atoms with Gasteiger partial charge in [0, 0.05) is 34.9 Å². The van der Waals surface area contributed by atoms with E-state index in [1.54, 1.807) is 11.0 Å². The molecule has 1 amide bonds. The summed E-state index contributed by atoms with van der Waals surface area (Å²) < 4.78 is 5.76. The molecule has 31 heavy (non-hydrogen) atoms. The van der Waals surface area contributed by atoms with Gasteiger partial charge in [-0.1, -0.05) is 19.3 Å². The average molecular weight is 424 g/mol. The van der Waals surface area contributed by atoms with Gasteiger partial charge in [0.25, 0.3) is 5.69 Å². The summed E-state index contributed by atoms with van der Waals surface area (Å²) in [4.78, 5) is 37.8. The molecule has 0 saturated heterocycles. The van der Waals surface area contributed by atoms with Crippen LogP contribution in [0.1, 0.15) is 56.3 Å². The number of aromatic carboxylic acids is 1.